The van der Waals surface area contributed by atoms with Gasteiger partial charge in [-0.2, -0.15) is 0 Å². The molecule has 0 aromatic carbocycles. The van der Waals surface area contributed by atoms with E-state index in [4.69, 9.17) is 5.11 Å². The Kier molecular flexibility index (Phi) is 4.44. The van der Waals surface area contributed by atoms with E-state index in [9.17, 15) is 18.0 Å². The number of hydrogen-bond acceptors (Lipinski definition) is 4. The molecular weight excluding hydrogens is 272 g/mol. The highest BCUT2D eigenvalue weighted by Gasteiger charge is 2.42. The summed E-state index contributed by atoms with van der Waals surface area (Å²) < 4.78 is 22.2. The number of carbonyl (C=O) groups excluding carboxylic acids is 1. The second-order valence-corrected chi connectivity index (χ2v) is 7.67. The summed E-state index contributed by atoms with van der Waals surface area (Å²) >= 11 is 0. The van der Waals surface area contributed by atoms with Gasteiger partial charge in [-0.25, -0.2) is 13.2 Å². The summed E-state index contributed by atoms with van der Waals surface area (Å²) in [6, 6.07) is -0.916. The molecule has 8 heteroatoms. The smallest absolute Gasteiger partial charge is 0.317 e. The number of urea groups is 1. The number of likely N-dealkylation sites (tertiary alicyclic amines) is 1. The molecule has 0 bridgehead atoms. The van der Waals surface area contributed by atoms with Crippen LogP contribution in [-0.2, 0) is 14.6 Å². The van der Waals surface area contributed by atoms with Crippen LogP contribution in [0.1, 0.15) is 20.3 Å². The second-order valence-electron chi connectivity index (χ2n) is 5.48. The van der Waals surface area contributed by atoms with Crippen LogP contribution in [0.15, 0.2) is 0 Å². The Hall–Kier alpha value is -1.31. The molecule has 1 rings (SSSR count). The number of sulfone groups is 1. The van der Waals surface area contributed by atoms with Gasteiger partial charge in [0, 0.05) is 25.4 Å². The molecule has 2 N–H and O–H groups in total. The summed E-state index contributed by atoms with van der Waals surface area (Å²) in [5.74, 6) is -1.06. The fourth-order valence-electron chi connectivity index (χ4n) is 2.11. The van der Waals surface area contributed by atoms with Gasteiger partial charge in [0.15, 0.2) is 0 Å². The van der Waals surface area contributed by atoms with E-state index >= 15 is 0 Å². The molecule has 0 saturated carbocycles. The SMILES string of the molecule is CC(CS(C)(=O)=O)NC(=O)N1CCC(C)(C(=O)O)C1. The Morgan fingerprint density at radius 3 is 2.47 bits per heavy atom. The highest BCUT2D eigenvalue weighted by Crippen LogP contribution is 2.29. The van der Waals surface area contributed by atoms with Crippen molar-refractivity contribution in [2.45, 2.75) is 26.3 Å². The lowest BCUT2D eigenvalue weighted by Crippen LogP contribution is -2.46. The van der Waals surface area contributed by atoms with Crippen LogP contribution in [0.25, 0.3) is 0 Å². The summed E-state index contributed by atoms with van der Waals surface area (Å²) in [7, 11) is -3.16. The molecule has 0 radical (unpaired) electrons. The van der Waals surface area contributed by atoms with Gasteiger partial charge < -0.3 is 15.3 Å². The molecule has 0 aromatic rings. The first-order valence-corrected chi connectivity index (χ1v) is 8.06. The van der Waals surface area contributed by atoms with Crippen molar-refractivity contribution in [2.75, 3.05) is 25.1 Å². The molecule has 1 aliphatic rings. The Balaban J connectivity index is 2.55. The molecule has 0 spiro atoms. The Bertz CT molecular complexity index is 475. The fourth-order valence-corrected chi connectivity index (χ4v) is 3.10. The van der Waals surface area contributed by atoms with Crippen molar-refractivity contribution in [3.05, 3.63) is 0 Å². The average Bonchev–Trinajstić information content (AvgIpc) is 2.59. The molecule has 0 aromatic heterocycles. The first kappa shape index (κ1) is 15.7. The quantitative estimate of drug-likeness (QED) is 0.754. The van der Waals surface area contributed by atoms with E-state index in [0.717, 1.165) is 6.26 Å². The van der Waals surface area contributed by atoms with Crippen molar-refractivity contribution in [1.82, 2.24) is 10.2 Å². The largest absolute Gasteiger partial charge is 0.481 e. The topological polar surface area (TPSA) is 104 Å². The maximum atomic E-state index is 11.9. The van der Waals surface area contributed by atoms with E-state index in [2.05, 4.69) is 5.32 Å². The van der Waals surface area contributed by atoms with Gasteiger partial charge in [0.2, 0.25) is 0 Å². The van der Waals surface area contributed by atoms with Crippen molar-refractivity contribution in [1.29, 1.82) is 0 Å². The molecule has 0 aliphatic carbocycles. The molecule has 2 amide bonds. The summed E-state index contributed by atoms with van der Waals surface area (Å²) in [5.41, 5.74) is -0.919. The average molecular weight is 292 g/mol. The van der Waals surface area contributed by atoms with Crippen molar-refractivity contribution in [3.8, 4) is 0 Å². The zero-order valence-corrected chi connectivity index (χ0v) is 12.2. The van der Waals surface area contributed by atoms with Crippen LogP contribution in [-0.4, -0.2) is 61.6 Å². The van der Waals surface area contributed by atoms with Crippen molar-refractivity contribution >= 4 is 21.8 Å². The van der Waals surface area contributed by atoms with Gasteiger partial charge in [-0.1, -0.05) is 0 Å². The zero-order chi connectivity index (χ0) is 14.8. The monoisotopic (exact) mass is 292 g/mol. The molecule has 1 aliphatic heterocycles. The van der Waals surface area contributed by atoms with Crippen LogP contribution in [0.2, 0.25) is 0 Å². The number of hydrogen-bond donors (Lipinski definition) is 2. The Labute approximate surface area is 112 Å². The van der Waals surface area contributed by atoms with Gasteiger partial charge in [-0.15, -0.1) is 0 Å². The zero-order valence-electron chi connectivity index (χ0n) is 11.3. The third kappa shape index (κ3) is 4.38. The van der Waals surface area contributed by atoms with E-state index in [0.29, 0.717) is 13.0 Å². The summed E-state index contributed by atoms with van der Waals surface area (Å²) in [5, 5.41) is 11.6. The van der Waals surface area contributed by atoms with E-state index in [1.165, 1.54) is 4.90 Å². The lowest BCUT2D eigenvalue weighted by molar-refractivity contribution is -0.146. The third-order valence-corrected chi connectivity index (χ3v) is 4.30. The normalized spacial score (nSPS) is 25.1. The van der Waals surface area contributed by atoms with Crippen LogP contribution in [0.3, 0.4) is 0 Å². The number of rotatable bonds is 4. The van der Waals surface area contributed by atoms with Crippen LogP contribution in [0.5, 0.6) is 0 Å². The number of aliphatic carboxylic acids is 1. The number of amides is 2. The summed E-state index contributed by atoms with van der Waals surface area (Å²) in [4.78, 5) is 24.4. The Morgan fingerprint density at radius 1 is 1.47 bits per heavy atom. The maximum absolute atomic E-state index is 11.9. The highest BCUT2D eigenvalue weighted by molar-refractivity contribution is 7.90. The van der Waals surface area contributed by atoms with Gasteiger partial charge in [0.1, 0.15) is 9.84 Å². The molecule has 19 heavy (non-hydrogen) atoms. The molecule has 2 unspecified atom stereocenters. The van der Waals surface area contributed by atoms with Crippen molar-refractivity contribution < 1.29 is 23.1 Å². The summed E-state index contributed by atoms with van der Waals surface area (Å²) in [6.07, 6.45) is 1.50. The van der Waals surface area contributed by atoms with Gasteiger partial charge in [-0.05, 0) is 20.3 Å². The van der Waals surface area contributed by atoms with Crippen LogP contribution in [0.4, 0.5) is 4.79 Å². The van der Waals surface area contributed by atoms with Crippen LogP contribution < -0.4 is 5.32 Å². The molecule has 1 heterocycles. The predicted molar refractivity (Wildman–Crippen MR) is 69.6 cm³/mol. The van der Waals surface area contributed by atoms with Crippen LogP contribution >= 0.6 is 0 Å². The van der Waals surface area contributed by atoms with E-state index in [1.54, 1.807) is 13.8 Å². The third-order valence-electron chi connectivity index (χ3n) is 3.20. The standard InChI is InChI=1S/C11H20N2O5S/c1-8(6-19(3,17)18)12-10(16)13-5-4-11(2,7-13)9(14)15/h8H,4-7H2,1-3H3,(H,12,16)(H,14,15). The van der Waals surface area contributed by atoms with Gasteiger partial charge in [0.05, 0.1) is 11.2 Å². The number of carboxylic acids is 1. The summed E-state index contributed by atoms with van der Waals surface area (Å²) in [6.45, 7) is 3.70. The number of carboxylic acid groups (broad SMARTS) is 1. The van der Waals surface area contributed by atoms with Gasteiger partial charge >= 0.3 is 12.0 Å². The number of nitrogens with zero attached hydrogens (tertiary/aromatic N) is 1. The lowest BCUT2D eigenvalue weighted by atomic mass is 9.90. The van der Waals surface area contributed by atoms with Crippen LogP contribution in [0, 0.1) is 5.41 Å². The minimum atomic E-state index is -3.16. The fraction of sp³-hybridized carbons (Fsp3) is 0.818. The maximum Gasteiger partial charge on any atom is 0.317 e. The molecule has 2 atom stereocenters. The first-order valence-electron chi connectivity index (χ1n) is 6.00. The highest BCUT2D eigenvalue weighted by atomic mass is 32.2. The molecule has 1 fully saturated rings. The molecule has 110 valence electrons. The molecule has 1 saturated heterocycles. The second kappa shape index (κ2) is 5.36. The first-order chi connectivity index (χ1) is 8.53. The van der Waals surface area contributed by atoms with E-state index in [-0.39, 0.29) is 12.3 Å². The van der Waals surface area contributed by atoms with E-state index < -0.39 is 33.3 Å². The predicted octanol–water partition coefficient (Wildman–Crippen LogP) is -0.0743. The van der Waals surface area contributed by atoms with Gasteiger partial charge in [-0.3, -0.25) is 4.79 Å². The minimum absolute atomic E-state index is 0.136. The minimum Gasteiger partial charge on any atom is -0.481 e. The van der Waals surface area contributed by atoms with Crippen molar-refractivity contribution in [2.24, 2.45) is 5.41 Å². The number of nitrogens with one attached hydrogen (secondary N) is 1. The Morgan fingerprint density at radius 2 is 2.05 bits per heavy atom. The molecular formula is C11H20N2O5S. The van der Waals surface area contributed by atoms with E-state index in [1.807, 2.05) is 0 Å². The van der Waals surface area contributed by atoms with Gasteiger partial charge in [0.25, 0.3) is 0 Å². The number of carbonyl (C=O) groups is 2. The van der Waals surface area contributed by atoms with Crippen molar-refractivity contribution in [3.63, 3.8) is 0 Å². The lowest BCUT2D eigenvalue weighted by Gasteiger charge is -2.22. The molecule has 7 nitrogen and oxygen atoms in total.